The van der Waals surface area contributed by atoms with Crippen LogP contribution in [-0.2, 0) is 14.2 Å². The van der Waals surface area contributed by atoms with Crippen molar-refractivity contribution < 1.29 is 14.2 Å². The minimum Gasteiger partial charge on any atom is -0.371 e. The molecule has 118 valence electrons. The molecule has 3 nitrogen and oxygen atoms in total. The Morgan fingerprint density at radius 1 is 1.25 bits per heavy atom. The van der Waals surface area contributed by atoms with Crippen molar-refractivity contribution >= 4 is 23.2 Å². The second kappa shape index (κ2) is 5.92. The predicted molar refractivity (Wildman–Crippen MR) is 81.3 cm³/mol. The molecule has 5 heteroatoms. The van der Waals surface area contributed by atoms with Crippen LogP contribution in [0.5, 0.6) is 0 Å². The maximum Gasteiger partial charge on any atom is 0.159 e. The van der Waals surface area contributed by atoms with Crippen molar-refractivity contribution in [3.63, 3.8) is 0 Å². The minimum atomic E-state index is -0.739. The molecule has 1 atom stereocenters. The maximum atomic E-state index is 6.13. The molecular weight excluding hydrogens is 299 g/mol. The summed E-state index contributed by atoms with van der Waals surface area (Å²) in [7, 11) is 0. The number of hydrogen-bond acceptors (Lipinski definition) is 3. The van der Waals surface area contributed by atoms with Gasteiger partial charge in [0.2, 0.25) is 0 Å². The van der Waals surface area contributed by atoms with Crippen LogP contribution in [0.4, 0.5) is 0 Å². The molecule has 0 spiro atoms. The van der Waals surface area contributed by atoms with Gasteiger partial charge in [-0.05, 0) is 13.3 Å². The second-order valence-electron chi connectivity index (χ2n) is 6.89. The molecule has 0 aromatic carbocycles. The van der Waals surface area contributed by atoms with E-state index in [1.807, 2.05) is 6.92 Å². The Morgan fingerprint density at radius 3 is 2.20 bits per heavy atom. The summed E-state index contributed by atoms with van der Waals surface area (Å²) in [6.07, 6.45) is 2.68. The normalized spacial score (nSPS) is 40.0. The van der Waals surface area contributed by atoms with Gasteiger partial charge in [0.25, 0.3) is 0 Å². The van der Waals surface area contributed by atoms with Gasteiger partial charge in [0.15, 0.2) is 6.29 Å². The number of alkyl halides is 2. The van der Waals surface area contributed by atoms with Crippen LogP contribution in [0.15, 0.2) is 0 Å². The van der Waals surface area contributed by atoms with Gasteiger partial charge in [-0.2, -0.15) is 0 Å². The summed E-state index contributed by atoms with van der Waals surface area (Å²) >= 11 is 12.3. The number of halogens is 2. The molecule has 1 aliphatic heterocycles. The van der Waals surface area contributed by atoms with Crippen LogP contribution >= 0.6 is 23.2 Å². The van der Waals surface area contributed by atoms with Gasteiger partial charge < -0.3 is 14.2 Å². The molecule has 2 aliphatic rings. The molecule has 2 fully saturated rings. The topological polar surface area (TPSA) is 27.7 Å². The van der Waals surface area contributed by atoms with Crippen LogP contribution in [0.1, 0.15) is 47.0 Å². The van der Waals surface area contributed by atoms with Crippen LogP contribution in [0, 0.1) is 11.3 Å². The first kappa shape index (κ1) is 16.8. The predicted octanol–water partition coefficient (Wildman–Crippen LogP) is 4.15. The zero-order chi connectivity index (χ0) is 15.0. The van der Waals surface area contributed by atoms with Crippen LogP contribution in [0.3, 0.4) is 0 Å². The second-order valence-corrected chi connectivity index (χ2v) is 8.37. The Balaban J connectivity index is 1.91. The first-order valence-corrected chi connectivity index (χ1v) is 8.24. The molecule has 0 aromatic heterocycles. The standard InChI is InChI=1S/C15H26Cl2O3/c1-5-6-14(8-18-12(11(2)3)19-9-14)10-20-13(4)7-15(13,16)17/h11-12H,5-10H2,1-4H3/t12?,13-,14?/m0/s1. The van der Waals surface area contributed by atoms with Crippen LogP contribution in [0.2, 0.25) is 0 Å². The molecular formula is C15H26Cl2O3. The first-order valence-electron chi connectivity index (χ1n) is 7.49. The SMILES string of the molecule is CCCC1(CO[C@@]2(C)CC2(Cl)Cl)COC(C(C)C)OC1. The Hall–Kier alpha value is 0.460. The molecule has 2 rings (SSSR count). The Labute approximate surface area is 132 Å². The van der Waals surface area contributed by atoms with Gasteiger partial charge >= 0.3 is 0 Å². The molecule has 0 aromatic rings. The molecule has 0 bridgehead atoms. The lowest BCUT2D eigenvalue weighted by Gasteiger charge is -2.41. The van der Waals surface area contributed by atoms with Crippen LogP contribution < -0.4 is 0 Å². The zero-order valence-electron chi connectivity index (χ0n) is 12.9. The Morgan fingerprint density at radius 2 is 1.80 bits per heavy atom. The lowest BCUT2D eigenvalue weighted by Crippen LogP contribution is -2.47. The van der Waals surface area contributed by atoms with E-state index in [0.717, 1.165) is 12.8 Å². The third-order valence-corrected chi connectivity index (χ3v) is 5.40. The molecule has 1 heterocycles. The first-order chi connectivity index (χ1) is 9.24. The van der Waals surface area contributed by atoms with E-state index in [-0.39, 0.29) is 11.7 Å². The lowest BCUT2D eigenvalue weighted by atomic mass is 9.85. The van der Waals surface area contributed by atoms with Crippen molar-refractivity contribution in [2.75, 3.05) is 19.8 Å². The fraction of sp³-hybridized carbons (Fsp3) is 1.00. The fourth-order valence-electron chi connectivity index (χ4n) is 2.67. The van der Waals surface area contributed by atoms with Gasteiger partial charge in [-0.3, -0.25) is 0 Å². The summed E-state index contributed by atoms with van der Waals surface area (Å²) in [4.78, 5) is 0. The minimum absolute atomic E-state index is 0.0738. The van der Waals surface area contributed by atoms with Gasteiger partial charge in [-0.25, -0.2) is 0 Å². The molecule has 1 saturated heterocycles. The Bertz CT molecular complexity index is 338. The van der Waals surface area contributed by atoms with Gasteiger partial charge in [-0.1, -0.05) is 50.4 Å². The third-order valence-electron chi connectivity index (χ3n) is 4.34. The van der Waals surface area contributed by atoms with Crippen molar-refractivity contribution in [3.8, 4) is 0 Å². The summed E-state index contributed by atoms with van der Waals surface area (Å²) in [5.74, 6) is 0.370. The van der Waals surface area contributed by atoms with Crippen molar-refractivity contribution in [2.24, 2.45) is 11.3 Å². The average molecular weight is 325 g/mol. The molecule has 0 N–H and O–H groups in total. The summed E-state index contributed by atoms with van der Waals surface area (Å²) in [6.45, 7) is 10.3. The molecule has 1 saturated carbocycles. The smallest absolute Gasteiger partial charge is 0.159 e. The van der Waals surface area contributed by atoms with E-state index in [4.69, 9.17) is 37.4 Å². The third kappa shape index (κ3) is 3.44. The molecule has 20 heavy (non-hydrogen) atoms. The summed E-state index contributed by atoms with van der Waals surface area (Å²) in [6, 6.07) is 0. The summed E-state index contributed by atoms with van der Waals surface area (Å²) in [5.41, 5.74) is -0.499. The molecule has 0 amide bonds. The zero-order valence-corrected chi connectivity index (χ0v) is 14.4. The highest BCUT2D eigenvalue weighted by atomic mass is 35.5. The van der Waals surface area contributed by atoms with Gasteiger partial charge in [0.05, 0.1) is 19.8 Å². The molecule has 1 aliphatic carbocycles. The highest BCUT2D eigenvalue weighted by molar-refractivity contribution is 6.52. The van der Waals surface area contributed by atoms with E-state index in [1.165, 1.54) is 0 Å². The van der Waals surface area contributed by atoms with Crippen LogP contribution in [-0.4, -0.2) is 36.0 Å². The van der Waals surface area contributed by atoms with Gasteiger partial charge in [0.1, 0.15) is 9.93 Å². The number of hydrogen-bond donors (Lipinski definition) is 0. The molecule has 0 radical (unpaired) electrons. The number of ether oxygens (including phenoxy) is 3. The van der Waals surface area contributed by atoms with Crippen LogP contribution in [0.25, 0.3) is 0 Å². The van der Waals surface area contributed by atoms with Crippen molar-refractivity contribution in [1.29, 1.82) is 0 Å². The van der Waals surface area contributed by atoms with E-state index in [2.05, 4.69) is 20.8 Å². The lowest BCUT2D eigenvalue weighted by molar-refractivity contribution is -0.258. The van der Waals surface area contributed by atoms with Gasteiger partial charge in [0, 0.05) is 17.8 Å². The van der Waals surface area contributed by atoms with Gasteiger partial charge in [-0.15, -0.1) is 0 Å². The molecule has 0 unspecified atom stereocenters. The van der Waals surface area contributed by atoms with E-state index in [9.17, 15) is 0 Å². The van der Waals surface area contributed by atoms with Crippen molar-refractivity contribution in [1.82, 2.24) is 0 Å². The fourth-order valence-corrected chi connectivity index (χ4v) is 3.29. The summed E-state index contributed by atoms with van der Waals surface area (Å²) < 4.78 is 17.0. The highest BCUT2D eigenvalue weighted by Crippen LogP contribution is 2.59. The quantitative estimate of drug-likeness (QED) is 0.687. The largest absolute Gasteiger partial charge is 0.371 e. The monoisotopic (exact) mass is 324 g/mol. The number of rotatable bonds is 6. The van der Waals surface area contributed by atoms with E-state index in [1.54, 1.807) is 0 Å². The van der Waals surface area contributed by atoms with Crippen molar-refractivity contribution in [2.45, 2.75) is 63.2 Å². The highest BCUT2D eigenvalue weighted by Gasteiger charge is 2.65. The summed E-state index contributed by atoms with van der Waals surface area (Å²) in [5, 5.41) is 0. The van der Waals surface area contributed by atoms with E-state index in [0.29, 0.717) is 32.2 Å². The van der Waals surface area contributed by atoms with E-state index >= 15 is 0 Å². The average Bonchev–Trinajstić information content (AvgIpc) is 2.88. The van der Waals surface area contributed by atoms with Crippen molar-refractivity contribution in [3.05, 3.63) is 0 Å². The Kier molecular flexibility index (Phi) is 4.98. The van der Waals surface area contributed by atoms with E-state index < -0.39 is 9.93 Å². The maximum absolute atomic E-state index is 6.13.